The highest BCUT2D eigenvalue weighted by molar-refractivity contribution is 6.09. The zero-order valence-electron chi connectivity index (χ0n) is 17.6. The molecule has 1 atom stereocenters. The molecule has 6 heteroatoms. The lowest BCUT2D eigenvalue weighted by Gasteiger charge is -2.34. The van der Waals surface area contributed by atoms with E-state index in [1.807, 2.05) is 38.1 Å². The first-order valence-electron chi connectivity index (χ1n) is 10.5. The fourth-order valence-electron chi connectivity index (χ4n) is 4.29. The Morgan fingerprint density at radius 3 is 2.61 bits per heavy atom. The molecule has 31 heavy (non-hydrogen) atoms. The number of amides is 1. The van der Waals surface area contributed by atoms with Gasteiger partial charge < -0.3 is 15.4 Å². The molecule has 0 spiro atoms. The highest BCUT2D eigenvalue weighted by atomic mass is 19.1. The number of benzene rings is 2. The van der Waals surface area contributed by atoms with Crippen LogP contribution in [-0.2, 0) is 9.59 Å². The molecule has 1 aliphatic carbocycles. The van der Waals surface area contributed by atoms with E-state index in [9.17, 15) is 14.0 Å². The number of para-hydroxylation sites is 1. The molecule has 160 valence electrons. The van der Waals surface area contributed by atoms with E-state index in [-0.39, 0.29) is 11.5 Å². The van der Waals surface area contributed by atoms with Crippen LogP contribution < -0.4 is 15.4 Å². The summed E-state index contributed by atoms with van der Waals surface area (Å²) in [6.45, 7) is 4.28. The third kappa shape index (κ3) is 4.10. The molecule has 4 rings (SSSR count). The van der Waals surface area contributed by atoms with Crippen molar-refractivity contribution in [3.05, 3.63) is 82.5 Å². The van der Waals surface area contributed by atoms with Crippen molar-refractivity contribution < 1.29 is 18.7 Å². The van der Waals surface area contributed by atoms with E-state index in [1.54, 1.807) is 12.1 Å². The summed E-state index contributed by atoms with van der Waals surface area (Å²) in [6.07, 6.45) is 1.99. The summed E-state index contributed by atoms with van der Waals surface area (Å²) in [5, 5.41) is 5.95. The Morgan fingerprint density at radius 2 is 1.90 bits per heavy atom. The first-order chi connectivity index (χ1) is 15.0. The van der Waals surface area contributed by atoms with Gasteiger partial charge in [-0.1, -0.05) is 24.3 Å². The number of nitrogens with one attached hydrogen (secondary N) is 2. The lowest BCUT2D eigenvalue weighted by molar-refractivity contribution is -0.116. The van der Waals surface area contributed by atoms with Crippen LogP contribution in [0.2, 0.25) is 0 Å². The van der Waals surface area contributed by atoms with Gasteiger partial charge in [-0.3, -0.25) is 9.59 Å². The lowest BCUT2D eigenvalue weighted by atomic mass is 9.75. The van der Waals surface area contributed by atoms with Crippen LogP contribution in [0.15, 0.2) is 71.1 Å². The number of halogens is 1. The number of Topliss-reactive ketones (excluding diaryl/α,β-unsaturated/α-hetero) is 1. The van der Waals surface area contributed by atoms with Crippen LogP contribution in [0.1, 0.15) is 44.6 Å². The molecule has 1 amide bonds. The van der Waals surface area contributed by atoms with Gasteiger partial charge in [-0.2, -0.15) is 0 Å². The Balaban J connectivity index is 1.77. The van der Waals surface area contributed by atoms with E-state index in [2.05, 4.69) is 10.6 Å². The average molecular weight is 420 g/mol. The zero-order valence-corrected chi connectivity index (χ0v) is 17.6. The quantitative estimate of drug-likeness (QED) is 0.727. The van der Waals surface area contributed by atoms with Crippen molar-refractivity contribution in [3.63, 3.8) is 0 Å². The van der Waals surface area contributed by atoms with Crippen LogP contribution in [0.3, 0.4) is 0 Å². The number of ketones is 1. The summed E-state index contributed by atoms with van der Waals surface area (Å²) >= 11 is 0. The van der Waals surface area contributed by atoms with Crippen molar-refractivity contribution in [2.45, 2.75) is 39.0 Å². The van der Waals surface area contributed by atoms with Gasteiger partial charge in [0.2, 0.25) is 0 Å². The highest BCUT2D eigenvalue weighted by Crippen LogP contribution is 2.42. The molecule has 0 aromatic heterocycles. The number of anilines is 1. The van der Waals surface area contributed by atoms with Gasteiger partial charge in [0.05, 0.1) is 12.3 Å². The molecule has 1 heterocycles. The van der Waals surface area contributed by atoms with Crippen molar-refractivity contribution in [2.75, 3.05) is 11.9 Å². The number of rotatable bonds is 5. The lowest BCUT2D eigenvalue weighted by Crippen LogP contribution is -2.35. The third-order valence-electron chi connectivity index (χ3n) is 5.67. The summed E-state index contributed by atoms with van der Waals surface area (Å²) in [6, 6.07) is 13.5. The van der Waals surface area contributed by atoms with Crippen molar-refractivity contribution >= 4 is 17.4 Å². The first kappa shape index (κ1) is 20.8. The minimum atomic E-state index is -0.522. The van der Waals surface area contributed by atoms with E-state index in [0.29, 0.717) is 29.9 Å². The molecule has 1 aliphatic heterocycles. The number of hydrogen-bond donors (Lipinski definition) is 2. The molecule has 0 saturated carbocycles. The van der Waals surface area contributed by atoms with Gasteiger partial charge in [0.15, 0.2) is 5.78 Å². The van der Waals surface area contributed by atoms with Gasteiger partial charge in [-0.25, -0.2) is 4.39 Å². The van der Waals surface area contributed by atoms with Crippen molar-refractivity contribution in [1.29, 1.82) is 0 Å². The SMILES string of the molecule is CCOc1ccc(C2C(C(=O)Nc3ccccc3F)=C(C)NC3=C2C(=O)CCC3)cc1. The van der Waals surface area contributed by atoms with Crippen LogP contribution >= 0.6 is 0 Å². The Morgan fingerprint density at radius 1 is 1.16 bits per heavy atom. The Labute approximate surface area is 181 Å². The third-order valence-corrected chi connectivity index (χ3v) is 5.67. The number of carbonyl (C=O) groups excluding carboxylic acids is 2. The number of allylic oxidation sites excluding steroid dienone is 3. The van der Waals surface area contributed by atoms with Gasteiger partial charge in [0.25, 0.3) is 5.91 Å². The molecule has 2 aliphatic rings. The molecular weight excluding hydrogens is 395 g/mol. The van der Waals surface area contributed by atoms with E-state index < -0.39 is 17.6 Å². The van der Waals surface area contributed by atoms with Crippen molar-refractivity contribution in [1.82, 2.24) is 5.32 Å². The Hall–Kier alpha value is -3.41. The topological polar surface area (TPSA) is 67.4 Å². The fourth-order valence-corrected chi connectivity index (χ4v) is 4.29. The Kier molecular flexibility index (Phi) is 5.89. The van der Waals surface area contributed by atoms with Crippen LogP contribution in [0.4, 0.5) is 10.1 Å². The summed E-state index contributed by atoms with van der Waals surface area (Å²) < 4.78 is 19.7. The fraction of sp³-hybridized carbons (Fsp3) is 0.280. The molecule has 5 nitrogen and oxygen atoms in total. The molecule has 2 N–H and O–H groups in total. The summed E-state index contributed by atoms with van der Waals surface area (Å²) in [5.74, 6) is -0.701. The molecule has 2 aromatic carbocycles. The van der Waals surface area contributed by atoms with Gasteiger partial charge in [0, 0.05) is 34.9 Å². The van der Waals surface area contributed by atoms with Crippen LogP contribution in [0, 0.1) is 5.82 Å². The maximum atomic E-state index is 14.2. The maximum absolute atomic E-state index is 14.2. The number of carbonyl (C=O) groups is 2. The van der Waals surface area contributed by atoms with E-state index in [0.717, 1.165) is 29.9 Å². The van der Waals surface area contributed by atoms with Crippen molar-refractivity contribution in [3.8, 4) is 5.75 Å². The predicted molar refractivity (Wildman–Crippen MR) is 117 cm³/mol. The Bertz CT molecular complexity index is 1090. The zero-order chi connectivity index (χ0) is 22.0. The number of ether oxygens (including phenoxy) is 1. The van der Waals surface area contributed by atoms with Gasteiger partial charge in [-0.15, -0.1) is 0 Å². The average Bonchev–Trinajstić information content (AvgIpc) is 2.75. The van der Waals surface area contributed by atoms with Gasteiger partial charge >= 0.3 is 0 Å². The van der Waals surface area contributed by atoms with Crippen LogP contribution in [0.25, 0.3) is 0 Å². The predicted octanol–water partition coefficient (Wildman–Crippen LogP) is 4.83. The van der Waals surface area contributed by atoms with Crippen LogP contribution in [0.5, 0.6) is 5.75 Å². The second kappa shape index (κ2) is 8.76. The maximum Gasteiger partial charge on any atom is 0.254 e. The van der Waals surface area contributed by atoms with Gasteiger partial charge in [-0.05, 0) is 56.5 Å². The van der Waals surface area contributed by atoms with E-state index >= 15 is 0 Å². The minimum absolute atomic E-state index is 0.0383. The largest absolute Gasteiger partial charge is 0.494 e. The van der Waals surface area contributed by atoms with E-state index in [4.69, 9.17) is 4.74 Å². The summed E-state index contributed by atoms with van der Waals surface area (Å²) in [5.41, 5.74) is 3.51. The smallest absolute Gasteiger partial charge is 0.254 e. The molecule has 0 radical (unpaired) electrons. The normalized spacial score (nSPS) is 18.4. The number of dihydropyridines is 1. The standard InChI is InChI=1S/C25H25FN2O3/c1-3-31-17-13-11-16(12-14-17)23-22(25(30)28-19-8-5-4-7-18(19)26)15(2)27-20-9-6-10-21(29)24(20)23/h4-5,7-8,11-14,23,27H,3,6,9-10H2,1-2H3,(H,28,30). The monoisotopic (exact) mass is 420 g/mol. The molecule has 0 fully saturated rings. The summed E-state index contributed by atoms with van der Waals surface area (Å²) in [4.78, 5) is 26.3. The first-order valence-corrected chi connectivity index (χ1v) is 10.5. The molecule has 2 aromatic rings. The summed E-state index contributed by atoms with van der Waals surface area (Å²) in [7, 11) is 0. The van der Waals surface area contributed by atoms with Gasteiger partial charge in [0.1, 0.15) is 11.6 Å². The molecular formula is C25H25FN2O3. The van der Waals surface area contributed by atoms with Crippen molar-refractivity contribution in [2.24, 2.45) is 0 Å². The van der Waals surface area contributed by atoms with E-state index in [1.165, 1.54) is 12.1 Å². The second-order valence-electron chi connectivity index (χ2n) is 7.70. The molecule has 0 saturated heterocycles. The highest BCUT2D eigenvalue weighted by Gasteiger charge is 2.38. The van der Waals surface area contributed by atoms with Crippen LogP contribution in [-0.4, -0.2) is 18.3 Å². The second-order valence-corrected chi connectivity index (χ2v) is 7.70. The minimum Gasteiger partial charge on any atom is -0.494 e. The number of hydrogen-bond acceptors (Lipinski definition) is 4. The molecule has 1 unspecified atom stereocenters. The molecule has 0 bridgehead atoms.